The Morgan fingerprint density at radius 3 is 2.56 bits per heavy atom. The lowest BCUT2D eigenvalue weighted by Gasteiger charge is -2.12. The predicted octanol–water partition coefficient (Wildman–Crippen LogP) is 3.92. The fraction of sp³-hybridized carbons (Fsp3) is 0.462. The minimum absolute atomic E-state index is 0.169. The van der Waals surface area contributed by atoms with E-state index >= 15 is 0 Å². The van der Waals surface area contributed by atoms with E-state index in [9.17, 15) is 4.79 Å². The molecule has 0 saturated heterocycles. The zero-order valence-electron chi connectivity index (χ0n) is 9.92. The molecular weight excluding hydrogens is 273 g/mol. The monoisotopic (exact) mass is 287 g/mol. The van der Waals surface area contributed by atoms with Gasteiger partial charge in [-0.2, -0.15) is 0 Å². The predicted molar refractivity (Wildman–Crippen MR) is 73.1 cm³/mol. The highest BCUT2D eigenvalue weighted by Crippen LogP contribution is 2.30. The molecule has 5 heteroatoms. The maximum atomic E-state index is 11.9. The Balaban J connectivity index is 2.06. The number of nitrogens with two attached hydrogens (primary N) is 1. The number of carbonyl (C=O) groups is 1. The van der Waals surface area contributed by atoms with Crippen LogP contribution in [-0.2, 0) is 4.74 Å². The Labute approximate surface area is 116 Å². The lowest BCUT2D eigenvalue weighted by atomic mass is 10.1. The minimum atomic E-state index is -0.494. The Bertz CT molecular complexity index is 457. The topological polar surface area (TPSA) is 52.3 Å². The molecule has 1 aliphatic rings. The lowest BCUT2D eigenvalue weighted by molar-refractivity contribution is 0.0444. The summed E-state index contributed by atoms with van der Waals surface area (Å²) in [7, 11) is 0. The molecule has 1 aromatic rings. The number of benzene rings is 1. The highest BCUT2D eigenvalue weighted by molar-refractivity contribution is 6.38. The highest BCUT2D eigenvalue weighted by atomic mass is 35.5. The van der Waals surface area contributed by atoms with Gasteiger partial charge in [-0.3, -0.25) is 0 Å². The Kier molecular flexibility index (Phi) is 4.36. The van der Waals surface area contributed by atoms with Gasteiger partial charge in [0.2, 0.25) is 0 Å². The second-order valence-corrected chi connectivity index (χ2v) is 5.38. The van der Waals surface area contributed by atoms with Crippen LogP contribution in [0.4, 0.5) is 5.69 Å². The molecular formula is C13H15Cl2NO2. The number of anilines is 1. The molecule has 0 atom stereocenters. The van der Waals surface area contributed by atoms with Gasteiger partial charge in [0, 0.05) is 0 Å². The van der Waals surface area contributed by atoms with Crippen molar-refractivity contribution in [2.45, 2.75) is 25.7 Å². The number of esters is 1. The summed E-state index contributed by atoms with van der Waals surface area (Å²) in [5, 5.41) is 0.584. The fourth-order valence-corrected chi connectivity index (χ4v) is 2.62. The number of hydrogen-bond donors (Lipinski definition) is 1. The summed E-state index contributed by atoms with van der Waals surface area (Å²) < 4.78 is 5.27. The second kappa shape index (κ2) is 5.81. The lowest BCUT2D eigenvalue weighted by Crippen LogP contribution is -2.14. The molecule has 0 bridgehead atoms. The maximum Gasteiger partial charge on any atom is 0.341 e. The highest BCUT2D eigenvalue weighted by Gasteiger charge is 2.21. The summed E-state index contributed by atoms with van der Waals surface area (Å²) in [5.41, 5.74) is 6.10. The third-order valence-electron chi connectivity index (χ3n) is 3.27. The number of hydrogen-bond acceptors (Lipinski definition) is 3. The van der Waals surface area contributed by atoms with Crippen molar-refractivity contribution in [3.8, 4) is 0 Å². The van der Waals surface area contributed by atoms with Crippen LogP contribution in [0.5, 0.6) is 0 Å². The van der Waals surface area contributed by atoms with Crippen molar-refractivity contribution in [3.63, 3.8) is 0 Å². The van der Waals surface area contributed by atoms with Gasteiger partial charge in [-0.25, -0.2) is 4.79 Å². The third-order valence-corrected chi connectivity index (χ3v) is 3.92. The SMILES string of the molecule is Nc1c(Cl)ccc(Cl)c1C(=O)OCC1CCCC1. The van der Waals surface area contributed by atoms with Crippen molar-refractivity contribution in [2.24, 2.45) is 5.92 Å². The van der Waals surface area contributed by atoms with Gasteiger partial charge in [0.1, 0.15) is 5.56 Å². The molecule has 1 aromatic carbocycles. The number of carbonyl (C=O) groups excluding carboxylic acids is 1. The van der Waals surface area contributed by atoms with E-state index in [1.165, 1.54) is 12.8 Å². The zero-order valence-corrected chi connectivity index (χ0v) is 11.4. The van der Waals surface area contributed by atoms with Crippen LogP contribution in [0.3, 0.4) is 0 Å². The van der Waals surface area contributed by atoms with Crippen molar-refractivity contribution in [3.05, 3.63) is 27.7 Å². The van der Waals surface area contributed by atoms with E-state index in [0.717, 1.165) is 12.8 Å². The average Bonchev–Trinajstić information content (AvgIpc) is 2.85. The molecule has 18 heavy (non-hydrogen) atoms. The Morgan fingerprint density at radius 1 is 1.28 bits per heavy atom. The van der Waals surface area contributed by atoms with Crippen LogP contribution in [0.1, 0.15) is 36.0 Å². The quantitative estimate of drug-likeness (QED) is 0.677. The van der Waals surface area contributed by atoms with Crippen LogP contribution in [-0.4, -0.2) is 12.6 Å². The van der Waals surface area contributed by atoms with Crippen molar-refractivity contribution in [2.75, 3.05) is 12.3 Å². The van der Waals surface area contributed by atoms with Gasteiger partial charge < -0.3 is 10.5 Å². The van der Waals surface area contributed by atoms with E-state index < -0.39 is 5.97 Å². The van der Waals surface area contributed by atoms with Gasteiger partial charge in [-0.15, -0.1) is 0 Å². The molecule has 0 aromatic heterocycles. The number of rotatable bonds is 3. The number of nitrogen functional groups attached to an aromatic ring is 1. The van der Waals surface area contributed by atoms with Gasteiger partial charge in [0.05, 0.1) is 22.3 Å². The second-order valence-electron chi connectivity index (χ2n) is 4.57. The minimum Gasteiger partial charge on any atom is -0.462 e. The van der Waals surface area contributed by atoms with E-state index in [-0.39, 0.29) is 16.3 Å². The maximum absolute atomic E-state index is 11.9. The zero-order chi connectivity index (χ0) is 13.1. The molecule has 0 aliphatic heterocycles. The van der Waals surface area contributed by atoms with E-state index in [1.807, 2.05) is 0 Å². The van der Waals surface area contributed by atoms with E-state index in [0.29, 0.717) is 17.5 Å². The molecule has 0 radical (unpaired) electrons. The van der Waals surface area contributed by atoms with Crippen LogP contribution in [0.2, 0.25) is 10.0 Å². The Morgan fingerprint density at radius 2 is 1.89 bits per heavy atom. The normalized spacial score (nSPS) is 15.9. The summed E-state index contributed by atoms with van der Waals surface area (Å²) in [4.78, 5) is 11.9. The molecule has 0 spiro atoms. The van der Waals surface area contributed by atoms with Crippen molar-refractivity contribution < 1.29 is 9.53 Å². The van der Waals surface area contributed by atoms with Crippen molar-refractivity contribution in [1.29, 1.82) is 0 Å². The average molecular weight is 288 g/mol. The molecule has 2 rings (SSSR count). The molecule has 0 amide bonds. The largest absolute Gasteiger partial charge is 0.462 e. The van der Waals surface area contributed by atoms with Crippen LogP contribution in [0.15, 0.2) is 12.1 Å². The molecule has 1 aliphatic carbocycles. The van der Waals surface area contributed by atoms with E-state index in [4.69, 9.17) is 33.7 Å². The van der Waals surface area contributed by atoms with Crippen LogP contribution < -0.4 is 5.73 Å². The molecule has 98 valence electrons. The summed E-state index contributed by atoms with van der Waals surface area (Å²) in [5.74, 6) is -0.0277. The first-order valence-electron chi connectivity index (χ1n) is 6.00. The number of halogens is 2. The number of ether oxygens (including phenoxy) is 1. The van der Waals surface area contributed by atoms with Gasteiger partial charge in [0.15, 0.2) is 0 Å². The molecule has 0 unspecified atom stereocenters. The van der Waals surface area contributed by atoms with Crippen molar-refractivity contribution in [1.82, 2.24) is 0 Å². The summed E-state index contributed by atoms with van der Waals surface area (Å²) in [6.45, 7) is 0.432. The van der Waals surface area contributed by atoms with Gasteiger partial charge in [-0.05, 0) is 30.9 Å². The molecule has 2 N–H and O–H groups in total. The summed E-state index contributed by atoms with van der Waals surface area (Å²) in [6.07, 6.45) is 4.66. The molecule has 1 fully saturated rings. The van der Waals surface area contributed by atoms with E-state index in [1.54, 1.807) is 12.1 Å². The van der Waals surface area contributed by atoms with Crippen molar-refractivity contribution >= 4 is 34.9 Å². The molecule has 0 heterocycles. The van der Waals surface area contributed by atoms with Gasteiger partial charge in [0.25, 0.3) is 0 Å². The van der Waals surface area contributed by atoms with Gasteiger partial charge in [-0.1, -0.05) is 36.0 Å². The standard InChI is InChI=1S/C13H15Cl2NO2/c14-9-5-6-10(15)12(16)11(9)13(17)18-7-8-3-1-2-4-8/h5-6,8H,1-4,7,16H2. The summed E-state index contributed by atoms with van der Waals surface area (Å²) in [6, 6.07) is 3.11. The van der Waals surface area contributed by atoms with E-state index in [2.05, 4.69) is 0 Å². The first-order valence-corrected chi connectivity index (χ1v) is 6.75. The smallest absolute Gasteiger partial charge is 0.341 e. The fourth-order valence-electron chi connectivity index (χ4n) is 2.22. The van der Waals surface area contributed by atoms with Crippen LogP contribution >= 0.6 is 23.2 Å². The molecule has 3 nitrogen and oxygen atoms in total. The van der Waals surface area contributed by atoms with Crippen LogP contribution in [0, 0.1) is 5.92 Å². The first-order chi connectivity index (χ1) is 8.59. The third kappa shape index (κ3) is 2.90. The first kappa shape index (κ1) is 13.5. The van der Waals surface area contributed by atoms with Crippen LogP contribution in [0.25, 0.3) is 0 Å². The van der Waals surface area contributed by atoms with Gasteiger partial charge >= 0.3 is 5.97 Å². The molecule has 1 saturated carbocycles. The Hall–Kier alpha value is -0.930. The summed E-state index contributed by atoms with van der Waals surface area (Å²) >= 11 is 11.8.